The minimum atomic E-state index is 0.396. The van der Waals surface area contributed by atoms with Gasteiger partial charge in [0.1, 0.15) is 0 Å². The second-order valence-electron chi connectivity index (χ2n) is 5.03. The Labute approximate surface area is 119 Å². The van der Waals surface area contributed by atoms with Crippen LogP contribution in [0, 0.1) is 13.8 Å². The fourth-order valence-corrected chi connectivity index (χ4v) is 2.18. The van der Waals surface area contributed by atoms with Crippen LogP contribution in [0.2, 0.25) is 0 Å². The summed E-state index contributed by atoms with van der Waals surface area (Å²) in [5.41, 5.74) is 4.44. The highest BCUT2D eigenvalue weighted by molar-refractivity contribution is 5.19. The highest BCUT2D eigenvalue weighted by Crippen LogP contribution is 2.09. The van der Waals surface area contributed by atoms with Crippen molar-refractivity contribution in [3.63, 3.8) is 0 Å². The first-order valence-corrected chi connectivity index (χ1v) is 6.54. The summed E-state index contributed by atoms with van der Waals surface area (Å²) < 4.78 is 4.95. The van der Waals surface area contributed by atoms with Crippen molar-refractivity contribution in [2.45, 2.75) is 26.9 Å². The maximum atomic E-state index is 4.95. The minimum Gasteiger partial charge on any atom is -0.467 e. The molecule has 2 rings (SSSR count). The summed E-state index contributed by atoms with van der Waals surface area (Å²) >= 11 is 0. The molecule has 2 aromatic heterocycles. The molecule has 0 amide bonds. The number of aromatic nitrogens is 3. The Hall–Kier alpha value is -2.01. The van der Waals surface area contributed by atoms with E-state index in [2.05, 4.69) is 46.0 Å². The van der Waals surface area contributed by atoms with E-state index in [1.165, 1.54) is 5.56 Å². The maximum Gasteiger partial charge on any atom is 0.316 e. The van der Waals surface area contributed by atoms with E-state index >= 15 is 0 Å². The lowest BCUT2D eigenvalue weighted by molar-refractivity contribution is 0.312. The maximum absolute atomic E-state index is 4.95. The fraction of sp³-hybridized carbons (Fsp3) is 0.400. The summed E-state index contributed by atoms with van der Waals surface area (Å²) in [4.78, 5) is 15.0. The average Bonchev–Trinajstić information content (AvgIpc) is 2.38. The molecule has 2 aromatic rings. The van der Waals surface area contributed by atoms with Crippen LogP contribution in [-0.4, -0.2) is 34.0 Å². The normalized spacial score (nSPS) is 10.8. The Kier molecular flexibility index (Phi) is 4.63. The van der Waals surface area contributed by atoms with Crippen LogP contribution in [0.15, 0.2) is 24.5 Å². The molecule has 5 nitrogen and oxygen atoms in total. The van der Waals surface area contributed by atoms with Gasteiger partial charge in [0, 0.05) is 36.7 Å². The van der Waals surface area contributed by atoms with Gasteiger partial charge in [0.25, 0.3) is 0 Å². The van der Waals surface area contributed by atoms with E-state index in [0.717, 1.165) is 30.0 Å². The number of ether oxygens (including phenoxy) is 1. The molecule has 0 saturated carbocycles. The van der Waals surface area contributed by atoms with E-state index < -0.39 is 0 Å². The number of nitrogens with zero attached hydrogens (tertiary/aromatic N) is 4. The molecule has 2 heterocycles. The quantitative estimate of drug-likeness (QED) is 0.834. The Morgan fingerprint density at radius 2 is 1.80 bits per heavy atom. The number of hydrogen-bond acceptors (Lipinski definition) is 5. The Morgan fingerprint density at radius 3 is 2.40 bits per heavy atom. The molecule has 0 bridgehead atoms. The molecule has 0 aliphatic carbocycles. The molecule has 0 saturated heterocycles. The van der Waals surface area contributed by atoms with Gasteiger partial charge in [0.05, 0.1) is 12.8 Å². The Morgan fingerprint density at radius 1 is 1.10 bits per heavy atom. The third kappa shape index (κ3) is 3.99. The molecule has 0 unspecified atom stereocenters. The second kappa shape index (κ2) is 6.43. The van der Waals surface area contributed by atoms with Crippen LogP contribution < -0.4 is 4.74 Å². The summed E-state index contributed by atoms with van der Waals surface area (Å²) in [6.07, 6.45) is 3.58. The van der Waals surface area contributed by atoms with Crippen LogP contribution in [0.4, 0.5) is 0 Å². The Bertz CT molecular complexity index is 548. The van der Waals surface area contributed by atoms with E-state index in [9.17, 15) is 0 Å². The molecular weight excluding hydrogens is 252 g/mol. The standard InChI is InChI=1S/C15H20N4O/c1-11-5-12(2)18-14(6-11)10-19(3)9-13-7-16-15(20-4)17-8-13/h5-8H,9-10H2,1-4H3. The first kappa shape index (κ1) is 14.4. The number of hydrogen-bond donors (Lipinski definition) is 0. The molecule has 20 heavy (non-hydrogen) atoms. The van der Waals surface area contributed by atoms with Crippen molar-refractivity contribution >= 4 is 0 Å². The SMILES string of the molecule is COc1ncc(CN(C)Cc2cc(C)cc(C)n2)cn1. The molecule has 0 fully saturated rings. The molecule has 106 valence electrons. The van der Waals surface area contributed by atoms with E-state index in [1.807, 2.05) is 6.92 Å². The summed E-state index contributed by atoms with van der Waals surface area (Å²) in [6, 6.07) is 4.60. The van der Waals surface area contributed by atoms with Gasteiger partial charge in [-0.15, -0.1) is 0 Å². The second-order valence-corrected chi connectivity index (χ2v) is 5.03. The van der Waals surface area contributed by atoms with Crippen LogP contribution in [0.1, 0.15) is 22.5 Å². The molecular formula is C15H20N4O. The first-order valence-electron chi connectivity index (χ1n) is 6.54. The fourth-order valence-electron chi connectivity index (χ4n) is 2.18. The van der Waals surface area contributed by atoms with E-state index in [-0.39, 0.29) is 0 Å². The molecule has 0 spiro atoms. The van der Waals surface area contributed by atoms with Crippen LogP contribution in [0.5, 0.6) is 6.01 Å². The van der Waals surface area contributed by atoms with Gasteiger partial charge in [-0.3, -0.25) is 9.88 Å². The van der Waals surface area contributed by atoms with Crippen molar-refractivity contribution in [3.05, 3.63) is 47.0 Å². The highest BCUT2D eigenvalue weighted by Gasteiger charge is 2.05. The molecule has 0 aliphatic heterocycles. The Balaban J connectivity index is 1.98. The first-order chi connectivity index (χ1) is 9.56. The minimum absolute atomic E-state index is 0.396. The van der Waals surface area contributed by atoms with Crippen molar-refractivity contribution in [1.82, 2.24) is 19.9 Å². The van der Waals surface area contributed by atoms with Gasteiger partial charge in [-0.05, 0) is 38.6 Å². The number of rotatable bonds is 5. The van der Waals surface area contributed by atoms with Gasteiger partial charge in [0.15, 0.2) is 0 Å². The number of methoxy groups -OCH3 is 1. The third-order valence-corrected chi connectivity index (χ3v) is 2.90. The lowest BCUT2D eigenvalue weighted by atomic mass is 10.2. The van der Waals surface area contributed by atoms with Gasteiger partial charge in [-0.25, -0.2) is 9.97 Å². The van der Waals surface area contributed by atoms with Crippen molar-refractivity contribution in [2.75, 3.05) is 14.2 Å². The van der Waals surface area contributed by atoms with Gasteiger partial charge in [0.2, 0.25) is 0 Å². The zero-order chi connectivity index (χ0) is 14.5. The summed E-state index contributed by atoms with van der Waals surface area (Å²) in [6.45, 7) is 5.69. The van der Waals surface area contributed by atoms with Crippen molar-refractivity contribution < 1.29 is 4.74 Å². The van der Waals surface area contributed by atoms with Crippen molar-refractivity contribution in [3.8, 4) is 6.01 Å². The molecule has 0 N–H and O–H groups in total. The molecule has 0 aliphatic rings. The monoisotopic (exact) mass is 272 g/mol. The summed E-state index contributed by atoms with van der Waals surface area (Å²) in [5.74, 6) is 0. The molecule has 0 aromatic carbocycles. The third-order valence-electron chi connectivity index (χ3n) is 2.90. The lowest BCUT2D eigenvalue weighted by Gasteiger charge is -2.16. The molecule has 0 atom stereocenters. The van der Waals surface area contributed by atoms with Gasteiger partial charge >= 0.3 is 6.01 Å². The summed E-state index contributed by atoms with van der Waals surface area (Å²) in [7, 11) is 3.62. The van der Waals surface area contributed by atoms with Crippen molar-refractivity contribution in [2.24, 2.45) is 0 Å². The van der Waals surface area contributed by atoms with Gasteiger partial charge in [-0.1, -0.05) is 0 Å². The smallest absolute Gasteiger partial charge is 0.316 e. The average molecular weight is 272 g/mol. The molecule has 5 heteroatoms. The zero-order valence-corrected chi connectivity index (χ0v) is 12.4. The number of pyridine rings is 1. The van der Waals surface area contributed by atoms with Gasteiger partial charge < -0.3 is 4.74 Å². The summed E-state index contributed by atoms with van der Waals surface area (Å²) in [5, 5.41) is 0. The van der Waals surface area contributed by atoms with E-state index in [1.54, 1.807) is 19.5 Å². The predicted octanol–water partition coefficient (Wildman–Crippen LogP) is 2.13. The molecule has 0 radical (unpaired) electrons. The van der Waals surface area contributed by atoms with E-state index in [0.29, 0.717) is 6.01 Å². The zero-order valence-electron chi connectivity index (χ0n) is 12.4. The highest BCUT2D eigenvalue weighted by atomic mass is 16.5. The topological polar surface area (TPSA) is 51.1 Å². The number of aryl methyl sites for hydroxylation is 2. The van der Waals surface area contributed by atoms with Crippen LogP contribution in [0.3, 0.4) is 0 Å². The largest absolute Gasteiger partial charge is 0.467 e. The predicted molar refractivity (Wildman–Crippen MR) is 77.5 cm³/mol. The van der Waals surface area contributed by atoms with Gasteiger partial charge in [-0.2, -0.15) is 0 Å². The van der Waals surface area contributed by atoms with Crippen LogP contribution >= 0.6 is 0 Å². The van der Waals surface area contributed by atoms with E-state index in [4.69, 9.17) is 4.74 Å². The van der Waals surface area contributed by atoms with Crippen LogP contribution in [0.25, 0.3) is 0 Å². The van der Waals surface area contributed by atoms with Crippen molar-refractivity contribution in [1.29, 1.82) is 0 Å². The lowest BCUT2D eigenvalue weighted by Crippen LogP contribution is -2.18. The van der Waals surface area contributed by atoms with Crippen LogP contribution in [-0.2, 0) is 13.1 Å².